The second-order valence-electron chi connectivity index (χ2n) is 8.72. The number of piperazine rings is 1. The van der Waals surface area contributed by atoms with Crippen LogP contribution in [-0.2, 0) is 24.3 Å². The van der Waals surface area contributed by atoms with Crippen LogP contribution in [0.2, 0.25) is 0 Å². The topological polar surface area (TPSA) is 166 Å². The second-order valence-corrected chi connectivity index (χ2v) is 10.4. The minimum Gasteiger partial charge on any atom is -0.478 e. The number of ether oxygens (including phenoxy) is 1. The lowest BCUT2D eigenvalue weighted by Crippen LogP contribution is -2.49. The molecule has 1 amide bonds. The number of alkyl halides is 3. The van der Waals surface area contributed by atoms with Crippen molar-refractivity contribution >= 4 is 39.2 Å². The molecule has 226 valence electrons. The number of anilines is 2. The van der Waals surface area contributed by atoms with Crippen molar-refractivity contribution < 1.29 is 50.9 Å². The van der Waals surface area contributed by atoms with Crippen LogP contribution in [-0.4, -0.2) is 101 Å². The molecule has 0 radical (unpaired) electrons. The van der Waals surface area contributed by atoms with Crippen LogP contribution >= 0.6 is 0 Å². The summed E-state index contributed by atoms with van der Waals surface area (Å²) < 4.78 is 65.0. The normalized spacial score (nSPS) is 14.0. The maximum Gasteiger partial charge on any atom is 0.490 e. The van der Waals surface area contributed by atoms with Crippen LogP contribution in [0.25, 0.3) is 0 Å². The van der Waals surface area contributed by atoms with Gasteiger partial charge in [0.15, 0.2) is 0 Å². The van der Waals surface area contributed by atoms with Crippen molar-refractivity contribution in [2.24, 2.45) is 0 Å². The van der Waals surface area contributed by atoms with Crippen molar-refractivity contribution in [3.63, 3.8) is 0 Å². The fourth-order valence-electron chi connectivity index (χ4n) is 3.68. The first-order valence-corrected chi connectivity index (χ1v) is 13.7. The van der Waals surface area contributed by atoms with E-state index in [0.29, 0.717) is 45.0 Å². The van der Waals surface area contributed by atoms with Gasteiger partial charge in [0.05, 0.1) is 28.4 Å². The summed E-state index contributed by atoms with van der Waals surface area (Å²) in [5.74, 6) is -3.95. The van der Waals surface area contributed by atoms with Crippen LogP contribution in [0.5, 0.6) is 0 Å². The standard InChI is InChI=1S/C23H30N4O6S.C2HF3O2/c1-33-15-5-10-24-22(28)17-26-11-13-27(14-12-26)21-9-8-18(23(29)30)16-20(21)25-34(31,32)19-6-3-2-4-7-19;3-2(4,5)1(6)7/h2-4,6-9,16,25H,5,10-15,17H2,1H3,(H,24,28)(H,29,30);(H,6,7). The Morgan fingerprint density at radius 1 is 1.00 bits per heavy atom. The first-order chi connectivity index (χ1) is 19.2. The summed E-state index contributed by atoms with van der Waals surface area (Å²) in [6, 6.07) is 12.3. The number of hydrogen-bond donors (Lipinski definition) is 4. The molecule has 3 rings (SSSR count). The molecule has 2 aromatic carbocycles. The Morgan fingerprint density at radius 2 is 1.61 bits per heavy atom. The summed E-state index contributed by atoms with van der Waals surface area (Å²) in [7, 11) is -2.28. The van der Waals surface area contributed by atoms with E-state index >= 15 is 0 Å². The lowest BCUT2D eigenvalue weighted by atomic mass is 10.1. The van der Waals surface area contributed by atoms with Crippen molar-refractivity contribution in [1.29, 1.82) is 0 Å². The monoisotopic (exact) mass is 604 g/mol. The highest BCUT2D eigenvalue weighted by Crippen LogP contribution is 2.30. The Morgan fingerprint density at radius 3 is 2.15 bits per heavy atom. The highest BCUT2D eigenvalue weighted by atomic mass is 32.2. The van der Waals surface area contributed by atoms with E-state index in [1.165, 1.54) is 24.3 Å². The molecule has 1 saturated heterocycles. The third-order valence-electron chi connectivity index (χ3n) is 5.71. The zero-order valence-corrected chi connectivity index (χ0v) is 22.9. The summed E-state index contributed by atoms with van der Waals surface area (Å²) in [4.78, 5) is 36.6. The number of carbonyl (C=O) groups excluding carboxylic acids is 1. The molecule has 0 bridgehead atoms. The number of carboxylic acids is 2. The summed E-state index contributed by atoms with van der Waals surface area (Å²) in [5, 5.41) is 19.4. The molecule has 0 aromatic heterocycles. The molecule has 1 fully saturated rings. The number of carbonyl (C=O) groups is 3. The quantitative estimate of drug-likeness (QED) is 0.279. The minimum atomic E-state index is -5.08. The average Bonchev–Trinajstić information content (AvgIpc) is 2.92. The summed E-state index contributed by atoms with van der Waals surface area (Å²) in [6.45, 7) is 3.77. The molecule has 4 N–H and O–H groups in total. The van der Waals surface area contributed by atoms with Crippen LogP contribution in [0.15, 0.2) is 53.4 Å². The van der Waals surface area contributed by atoms with Gasteiger partial charge < -0.3 is 25.2 Å². The van der Waals surface area contributed by atoms with Gasteiger partial charge in [0.25, 0.3) is 10.0 Å². The number of rotatable bonds is 11. The van der Waals surface area contributed by atoms with Crippen molar-refractivity contribution in [3.05, 3.63) is 54.1 Å². The second kappa shape index (κ2) is 15.2. The Bertz CT molecular complexity index is 1290. The number of amides is 1. The number of nitrogens with one attached hydrogen (secondary N) is 2. The Kier molecular flexibility index (Phi) is 12.4. The molecule has 2 aromatic rings. The minimum absolute atomic E-state index is 0.0155. The molecule has 1 aliphatic rings. The number of aromatic carboxylic acids is 1. The van der Waals surface area contributed by atoms with E-state index < -0.39 is 28.1 Å². The largest absolute Gasteiger partial charge is 0.490 e. The zero-order valence-electron chi connectivity index (χ0n) is 22.1. The first kappa shape index (κ1) is 33.3. The van der Waals surface area contributed by atoms with E-state index in [0.717, 1.165) is 6.42 Å². The molecule has 0 atom stereocenters. The van der Waals surface area contributed by atoms with Crippen LogP contribution in [0, 0.1) is 0 Å². The van der Waals surface area contributed by atoms with E-state index in [1.54, 1.807) is 31.4 Å². The SMILES string of the molecule is COCCCNC(=O)CN1CCN(c2ccc(C(=O)O)cc2NS(=O)(=O)c2ccccc2)CC1.O=C(O)C(F)(F)F. The molecule has 0 unspecified atom stereocenters. The number of carboxylic acid groups (broad SMARTS) is 2. The molecule has 1 heterocycles. The third-order valence-corrected chi connectivity index (χ3v) is 7.09. The van der Waals surface area contributed by atoms with Gasteiger partial charge in [-0.1, -0.05) is 18.2 Å². The van der Waals surface area contributed by atoms with E-state index in [-0.39, 0.29) is 28.6 Å². The Labute approximate surface area is 234 Å². The van der Waals surface area contributed by atoms with E-state index in [2.05, 4.69) is 10.0 Å². The van der Waals surface area contributed by atoms with Gasteiger partial charge in [-0.05, 0) is 36.8 Å². The van der Waals surface area contributed by atoms with Gasteiger partial charge in [0, 0.05) is 46.4 Å². The number of halogens is 3. The highest BCUT2D eigenvalue weighted by molar-refractivity contribution is 7.92. The van der Waals surface area contributed by atoms with Gasteiger partial charge >= 0.3 is 18.1 Å². The average molecular weight is 605 g/mol. The number of sulfonamides is 1. The maximum atomic E-state index is 12.9. The molecule has 0 saturated carbocycles. The number of benzene rings is 2. The van der Waals surface area contributed by atoms with Crippen LogP contribution < -0.4 is 14.9 Å². The highest BCUT2D eigenvalue weighted by Gasteiger charge is 2.38. The number of hydrogen-bond acceptors (Lipinski definition) is 8. The lowest BCUT2D eigenvalue weighted by Gasteiger charge is -2.36. The molecule has 0 spiro atoms. The van der Waals surface area contributed by atoms with E-state index in [1.807, 2.05) is 9.80 Å². The number of nitrogens with zero attached hydrogens (tertiary/aromatic N) is 2. The van der Waals surface area contributed by atoms with Crippen LogP contribution in [0.3, 0.4) is 0 Å². The van der Waals surface area contributed by atoms with Crippen LogP contribution in [0.4, 0.5) is 24.5 Å². The smallest absolute Gasteiger partial charge is 0.478 e. The van der Waals surface area contributed by atoms with Crippen LogP contribution in [0.1, 0.15) is 16.8 Å². The first-order valence-electron chi connectivity index (χ1n) is 12.2. The molecule has 12 nitrogen and oxygen atoms in total. The van der Waals surface area contributed by atoms with E-state index in [9.17, 15) is 36.3 Å². The van der Waals surface area contributed by atoms with Crippen molar-refractivity contribution in [2.75, 3.05) is 62.6 Å². The van der Waals surface area contributed by atoms with Crippen molar-refractivity contribution in [3.8, 4) is 0 Å². The molecular formula is C25H31F3N4O8S. The molecular weight excluding hydrogens is 573 g/mol. The predicted molar refractivity (Wildman–Crippen MR) is 142 cm³/mol. The lowest BCUT2D eigenvalue weighted by molar-refractivity contribution is -0.192. The number of methoxy groups -OCH3 is 1. The third kappa shape index (κ3) is 10.9. The maximum absolute atomic E-state index is 12.9. The molecule has 16 heteroatoms. The Balaban J connectivity index is 0.000000745. The van der Waals surface area contributed by atoms with Gasteiger partial charge in [0.2, 0.25) is 5.91 Å². The van der Waals surface area contributed by atoms with Gasteiger partial charge in [0.1, 0.15) is 0 Å². The molecule has 0 aliphatic carbocycles. The van der Waals surface area contributed by atoms with Gasteiger partial charge in [-0.2, -0.15) is 13.2 Å². The van der Waals surface area contributed by atoms with Gasteiger partial charge in [-0.25, -0.2) is 18.0 Å². The summed E-state index contributed by atoms with van der Waals surface area (Å²) in [5.41, 5.74) is 0.777. The predicted octanol–water partition coefficient (Wildman–Crippen LogP) is 2.09. The fraction of sp³-hybridized carbons (Fsp3) is 0.400. The van der Waals surface area contributed by atoms with Crippen molar-refractivity contribution in [2.45, 2.75) is 17.5 Å². The van der Waals surface area contributed by atoms with E-state index in [4.69, 9.17) is 14.6 Å². The molecule has 41 heavy (non-hydrogen) atoms. The zero-order chi connectivity index (χ0) is 30.6. The van der Waals surface area contributed by atoms with Gasteiger partial charge in [-0.15, -0.1) is 0 Å². The van der Waals surface area contributed by atoms with Gasteiger partial charge in [-0.3, -0.25) is 14.4 Å². The van der Waals surface area contributed by atoms with Crippen molar-refractivity contribution in [1.82, 2.24) is 10.2 Å². The fourth-order valence-corrected chi connectivity index (χ4v) is 4.77. The molecule has 1 aliphatic heterocycles. The number of aliphatic carboxylic acids is 1. The summed E-state index contributed by atoms with van der Waals surface area (Å²) >= 11 is 0. The Hall–Kier alpha value is -3.89. The summed E-state index contributed by atoms with van der Waals surface area (Å²) in [6.07, 6.45) is -4.33.